The highest BCUT2D eigenvalue weighted by Crippen LogP contribution is 2.41. The summed E-state index contributed by atoms with van der Waals surface area (Å²) in [4.78, 5) is 17.9. The standard InChI is InChI=1S/C29H35N3O5/c1-18-22(16-27-29(35)28-25(34)13-20(33)14-26(28)37-27)23-15-21(36-4)7-8-24(23)32(18)11-6-5-10-31-12-9-19(17-31)30(2)3/h7-8,13-16,19,33-34H,5-6,9-12,17H2,1-4H3. The van der Waals surface area contributed by atoms with Gasteiger partial charge >= 0.3 is 0 Å². The second-order valence-corrected chi connectivity index (χ2v) is 10.2. The molecule has 5 rings (SSSR count). The van der Waals surface area contributed by atoms with Crippen LogP contribution >= 0.6 is 0 Å². The van der Waals surface area contributed by atoms with Crippen molar-refractivity contribution in [3.8, 4) is 23.0 Å². The van der Waals surface area contributed by atoms with Crippen molar-refractivity contribution < 1.29 is 24.5 Å². The Kier molecular flexibility index (Phi) is 6.88. The van der Waals surface area contributed by atoms with Crippen LogP contribution in [0.15, 0.2) is 36.1 Å². The van der Waals surface area contributed by atoms with E-state index in [1.165, 1.54) is 12.5 Å². The van der Waals surface area contributed by atoms with Gasteiger partial charge in [0.1, 0.15) is 28.6 Å². The Bertz CT molecular complexity index is 1370. The molecular formula is C29H35N3O5. The molecular weight excluding hydrogens is 470 g/mol. The predicted molar refractivity (Wildman–Crippen MR) is 144 cm³/mol. The number of unbranched alkanes of at least 4 members (excludes halogenated alkanes) is 1. The van der Waals surface area contributed by atoms with Gasteiger partial charge in [0.25, 0.3) is 0 Å². The number of methoxy groups -OCH3 is 1. The summed E-state index contributed by atoms with van der Waals surface area (Å²) in [6, 6.07) is 9.13. The van der Waals surface area contributed by atoms with Crippen LogP contribution in [0.2, 0.25) is 0 Å². The number of ether oxygens (including phenoxy) is 2. The van der Waals surface area contributed by atoms with Gasteiger partial charge < -0.3 is 34.1 Å². The monoisotopic (exact) mass is 505 g/mol. The van der Waals surface area contributed by atoms with E-state index in [2.05, 4.69) is 41.5 Å². The van der Waals surface area contributed by atoms with E-state index in [4.69, 9.17) is 9.47 Å². The number of ketones is 1. The summed E-state index contributed by atoms with van der Waals surface area (Å²) in [6.45, 7) is 6.32. The van der Waals surface area contributed by atoms with E-state index in [1.54, 1.807) is 13.2 Å². The summed E-state index contributed by atoms with van der Waals surface area (Å²) < 4.78 is 13.6. The van der Waals surface area contributed by atoms with Crippen LogP contribution in [0.3, 0.4) is 0 Å². The molecule has 0 bridgehead atoms. The van der Waals surface area contributed by atoms with Crippen LogP contribution in [-0.4, -0.2) is 77.2 Å². The molecule has 8 nitrogen and oxygen atoms in total. The third-order valence-electron chi connectivity index (χ3n) is 7.68. The lowest BCUT2D eigenvalue weighted by atomic mass is 10.1. The number of benzene rings is 2. The molecule has 2 aromatic carbocycles. The van der Waals surface area contributed by atoms with E-state index in [1.807, 2.05) is 12.1 Å². The van der Waals surface area contributed by atoms with Crippen LogP contribution < -0.4 is 9.47 Å². The number of likely N-dealkylation sites (tertiary alicyclic amines) is 1. The van der Waals surface area contributed by atoms with Crippen molar-refractivity contribution in [2.45, 2.75) is 38.8 Å². The topological polar surface area (TPSA) is 87.4 Å². The van der Waals surface area contributed by atoms with E-state index in [-0.39, 0.29) is 28.6 Å². The Labute approximate surface area is 217 Å². The van der Waals surface area contributed by atoms with E-state index >= 15 is 0 Å². The molecule has 1 unspecified atom stereocenters. The zero-order chi connectivity index (χ0) is 26.3. The zero-order valence-corrected chi connectivity index (χ0v) is 22.0. The van der Waals surface area contributed by atoms with Crippen LogP contribution in [-0.2, 0) is 6.54 Å². The van der Waals surface area contributed by atoms with Gasteiger partial charge in [0.05, 0.1) is 7.11 Å². The largest absolute Gasteiger partial charge is 0.508 e. The number of allylic oxidation sites excluding steroid dienone is 1. The third-order valence-corrected chi connectivity index (χ3v) is 7.68. The fourth-order valence-electron chi connectivity index (χ4n) is 5.54. The molecule has 8 heteroatoms. The van der Waals surface area contributed by atoms with Gasteiger partial charge in [0.15, 0.2) is 5.76 Å². The van der Waals surface area contributed by atoms with Crippen molar-refractivity contribution in [1.29, 1.82) is 0 Å². The molecule has 3 heterocycles. The lowest BCUT2D eigenvalue weighted by Gasteiger charge is -2.20. The minimum Gasteiger partial charge on any atom is -0.508 e. The van der Waals surface area contributed by atoms with Crippen LogP contribution in [0.4, 0.5) is 0 Å². The number of nitrogens with zero attached hydrogens (tertiary/aromatic N) is 3. The Balaban J connectivity index is 1.39. The summed E-state index contributed by atoms with van der Waals surface area (Å²) in [7, 11) is 5.95. The van der Waals surface area contributed by atoms with Crippen molar-refractivity contribution in [3.05, 3.63) is 52.9 Å². The maximum atomic E-state index is 13.0. The molecule has 2 aliphatic heterocycles. The number of hydrogen-bond acceptors (Lipinski definition) is 7. The quantitative estimate of drug-likeness (QED) is 0.347. The number of aromatic nitrogens is 1. The maximum absolute atomic E-state index is 13.0. The molecule has 2 N–H and O–H groups in total. The first kappa shape index (κ1) is 25.2. The van der Waals surface area contributed by atoms with Gasteiger partial charge in [-0.15, -0.1) is 0 Å². The molecule has 37 heavy (non-hydrogen) atoms. The van der Waals surface area contributed by atoms with E-state index in [9.17, 15) is 15.0 Å². The molecule has 1 saturated heterocycles. The third kappa shape index (κ3) is 4.79. The van der Waals surface area contributed by atoms with Crippen LogP contribution in [0.1, 0.15) is 40.9 Å². The molecule has 196 valence electrons. The Morgan fingerprint density at radius 2 is 1.95 bits per heavy atom. The second-order valence-electron chi connectivity index (χ2n) is 10.2. The highest BCUT2D eigenvalue weighted by atomic mass is 16.5. The predicted octanol–water partition coefficient (Wildman–Crippen LogP) is 4.40. The van der Waals surface area contributed by atoms with Gasteiger partial charge in [-0.1, -0.05) is 0 Å². The summed E-state index contributed by atoms with van der Waals surface area (Å²) in [5.74, 6) is 0.153. The molecule has 0 saturated carbocycles. The van der Waals surface area contributed by atoms with Crippen LogP contribution in [0.5, 0.6) is 23.0 Å². The fraction of sp³-hybridized carbons (Fsp3) is 0.414. The van der Waals surface area contributed by atoms with E-state index < -0.39 is 5.78 Å². The molecule has 1 aromatic heterocycles. The summed E-state index contributed by atoms with van der Waals surface area (Å²) in [6.07, 6.45) is 5.13. The molecule has 1 fully saturated rings. The molecule has 0 radical (unpaired) electrons. The van der Waals surface area contributed by atoms with Crippen LogP contribution in [0, 0.1) is 6.92 Å². The average Bonchev–Trinajstić information content (AvgIpc) is 3.53. The van der Waals surface area contributed by atoms with Crippen molar-refractivity contribution in [3.63, 3.8) is 0 Å². The normalized spacial score (nSPS) is 18.8. The number of aryl methyl sites for hydroxylation is 1. The second kappa shape index (κ2) is 10.1. The Morgan fingerprint density at radius 3 is 2.68 bits per heavy atom. The molecule has 1 atom stereocenters. The number of fused-ring (bicyclic) bond motifs is 2. The van der Waals surface area contributed by atoms with Gasteiger partial charge in [-0.2, -0.15) is 0 Å². The van der Waals surface area contributed by atoms with Gasteiger partial charge in [-0.05, 0) is 77.6 Å². The van der Waals surface area contributed by atoms with Crippen molar-refractivity contribution >= 4 is 22.8 Å². The molecule has 3 aromatic rings. The lowest BCUT2D eigenvalue weighted by molar-refractivity contribution is 0.101. The summed E-state index contributed by atoms with van der Waals surface area (Å²) >= 11 is 0. The first-order chi connectivity index (χ1) is 17.8. The Morgan fingerprint density at radius 1 is 1.16 bits per heavy atom. The minimum absolute atomic E-state index is 0.0708. The SMILES string of the molecule is COc1ccc2c(c1)c(C=C1Oc3cc(O)cc(O)c3C1=O)c(C)n2CCCCN1CCC(N(C)C)C1. The van der Waals surface area contributed by atoms with Crippen molar-refractivity contribution in [1.82, 2.24) is 14.4 Å². The maximum Gasteiger partial charge on any atom is 0.235 e. The van der Waals surface area contributed by atoms with Gasteiger partial charge in [-0.3, -0.25) is 4.79 Å². The van der Waals surface area contributed by atoms with E-state index in [0.29, 0.717) is 6.04 Å². The van der Waals surface area contributed by atoms with Crippen LogP contribution in [0.25, 0.3) is 17.0 Å². The van der Waals surface area contributed by atoms with E-state index in [0.717, 1.165) is 73.0 Å². The molecule has 2 aliphatic rings. The van der Waals surface area contributed by atoms with Crippen molar-refractivity contribution in [2.24, 2.45) is 0 Å². The van der Waals surface area contributed by atoms with Gasteiger partial charge in [-0.25, -0.2) is 0 Å². The average molecular weight is 506 g/mol. The Hall–Kier alpha value is -3.49. The number of phenols is 2. The number of carbonyl (C=O) groups excluding carboxylic acids is 1. The number of phenolic OH excluding ortho intramolecular Hbond substituents is 2. The van der Waals surface area contributed by atoms with Gasteiger partial charge in [0, 0.05) is 53.4 Å². The summed E-state index contributed by atoms with van der Waals surface area (Å²) in [5, 5.41) is 21.0. The lowest BCUT2D eigenvalue weighted by Crippen LogP contribution is -2.31. The number of aromatic hydroxyl groups is 2. The highest BCUT2D eigenvalue weighted by molar-refractivity contribution is 6.17. The summed E-state index contributed by atoms with van der Waals surface area (Å²) in [5.41, 5.74) is 3.05. The number of Topliss-reactive ketones (excluding diaryl/α,β-unsaturated/α-hetero) is 1. The highest BCUT2D eigenvalue weighted by Gasteiger charge is 2.32. The zero-order valence-electron chi connectivity index (χ0n) is 22.0. The molecule has 0 spiro atoms. The number of rotatable bonds is 8. The van der Waals surface area contributed by atoms with Gasteiger partial charge in [0.2, 0.25) is 5.78 Å². The first-order valence-electron chi connectivity index (χ1n) is 12.8. The molecule has 0 aliphatic carbocycles. The number of hydrogen-bond donors (Lipinski definition) is 2. The van der Waals surface area contributed by atoms with Crippen molar-refractivity contribution in [2.75, 3.05) is 40.8 Å². The fourth-order valence-corrected chi connectivity index (χ4v) is 5.54. The minimum atomic E-state index is -0.405. The number of carbonyl (C=O) groups is 1. The molecule has 0 amide bonds. The first-order valence-corrected chi connectivity index (χ1v) is 12.8. The number of likely N-dealkylation sites (N-methyl/N-ethyl adjacent to an activating group) is 1. The smallest absolute Gasteiger partial charge is 0.235 e.